The molecule has 0 saturated carbocycles. The summed E-state index contributed by atoms with van der Waals surface area (Å²) in [5.74, 6) is 0.356. The second-order valence-electron chi connectivity index (χ2n) is 8.38. The van der Waals surface area contributed by atoms with E-state index in [4.69, 9.17) is 9.40 Å². The maximum Gasteiger partial charge on any atom is 0.297 e. The normalized spacial score (nSPS) is 12.4. The molecule has 1 amide bonds. The Balaban J connectivity index is 1.35. The van der Waals surface area contributed by atoms with Gasteiger partial charge in [-0.1, -0.05) is 54.6 Å². The van der Waals surface area contributed by atoms with Gasteiger partial charge in [-0.2, -0.15) is 0 Å². The van der Waals surface area contributed by atoms with Gasteiger partial charge in [0.1, 0.15) is 29.5 Å². The average Bonchev–Trinajstić information content (AvgIpc) is 3.43. The topological polar surface area (TPSA) is 95.0 Å². The van der Waals surface area contributed by atoms with Gasteiger partial charge in [0.15, 0.2) is 0 Å². The van der Waals surface area contributed by atoms with Crippen molar-refractivity contribution in [1.82, 2.24) is 24.4 Å². The third-order valence-corrected chi connectivity index (χ3v) is 6.18. The molecule has 1 N–H and O–H groups in total. The van der Waals surface area contributed by atoms with Gasteiger partial charge in [-0.25, -0.2) is 9.97 Å². The van der Waals surface area contributed by atoms with Crippen molar-refractivity contribution in [3.8, 4) is 0 Å². The van der Waals surface area contributed by atoms with E-state index in [-0.39, 0.29) is 18.0 Å². The molecule has 1 unspecified atom stereocenters. The lowest BCUT2D eigenvalue weighted by molar-refractivity contribution is -0.122. The second-order valence-corrected chi connectivity index (χ2v) is 8.38. The molecular formula is C27H21N5O3. The maximum atomic E-state index is 13.2. The monoisotopic (exact) mass is 463 g/mol. The fraction of sp³-hybridized carbons (Fsp3) is 0.111. The fourth-order valence-corrected chi connectivity index (χ4v) is 4.45. The first-order chi connectivity index (χ1) is 17.1. The summed E-state index contributed by atoms with van der Waals surface area (Å²) in [7, 11) is 1.93. The molecule has 6 aromatic rings. The number of furan rings is 1. The largest absolute Gasteiger partial charge is 0.448 e. The minimum absolute atomic E-state index is 0.136. The number of carbonyl (C=O) groups is 1. The quantitative estimate of drug-likeness (QED) is 0.418. The highest BCUT2D eigenvalue weighted by molar-refractivity contribution is 6.01. The molecule has 0 saturated heterocycles. The minimum Gasteiger partial charge on any atom is -0.448 e. The van der Waals surface area contributed by atoms with Crippen molar-refractivity contribution in [2.45, 2.75) is 12.6 Å². The summed E-state index contributed by atoms with van der Waals surface area (Å²) < 4.78 is 8.97. The van der Waals surface area contributed by atoms with E-state index in [1.54, 1.807) is 6.07 Å². The Labute approximate surface area is 199 Å². The van der Waals surface area contributed by atoms with Crippen LogP contribution in [-0.2, 0) is 18.4 Å². The van der Waals surface area contributed by atoms with Gasteiger partial charge < -0.3 is 14.3 Å². The third-order valence-electron chi connectivity index (χ3n) is 6.18. The molecule has 6 rings (SSSR count). The van der Waals surface area contributed by atoms with Crippen molar-refractivity contribution in [2.24, 2.45) is 7.05 Å². The summed E-state index contributed by atoms with van der Waals surface area (Å²) in [5, 5.41) is 3.83. The van der Waals surface area contributed by atoms with Crippen LogP contribution in [0.2, 0.25) is 0 Å². The Morgan fingerprint density at radius 3 is 2.57 bits per heavy atom. The number of carbonyl (C=O) groups excluding carboxylic acids is 1. The number of imidazole rings is 1. The van der Waals surface area contributed by atoms with Gasteiger partial charge in [0.05, 0.1) is 17.4 Å². The molecule has 0 aliphatic rings. The van der Waals surface area contributed by atoms with E-state index >= 15 is 0 Å². The Kier molecular flexibility index (Phi) is 4.92. The van der Waals surface area contributed by atoms with Gasteiger partial charge in [0, 0.05) is 12.4 Å². The maximum absolute atomic E-state index is 13.2. The molecule has 0 radical (unpaired) electrons. The highest BCUT2D eigenvalue weighted by atomic mass is 16.3. The van der Waals surface area contributed by atoms with Gasteiger partial charge in [-0.15, -0.1) is 0 Å². The molecule has 3 heterocycles. The van der Waals surface area contributed by atoms with E-state index < -0.39 is 11.6 Å². The molecule has 35 heavy (non-hydrogen) atoms. The van der Waals surface area contributed by atoms with Crippen LogP contribution in [0.25, 0.3) is 33.1 Å². The molecule has 0 fully saturated rings. The number of para-hydroxylation sites is 3. The van der Waals surface area contributed by atoms with Crippen molar-refractivity contribution in [3.63, 3.8) is 0 Å². The molecule has 0 aliphatic carbocycles. The zero-order valence-electron chi connectivity index (χ0n) is 18.9. The standard InChI is InChI=1S/C27H21N5O3/c1-31-20-13-7-6-12-19(20)29-26(31)23(17-9-3-2-4-10-17)30-22(33)15-32-16-28-24-18-11-5-8-14-21(18)35-25(24)27(32)34/h2-14,16,23H,15H2,1H3,(H,30,33). The van der Waals surface area contributed by atoms with Crippen LogP contribution in [0.1, 0.15) is 17.4 Å². The lowest BCUT2D eigenvalue weighted by Crippen LogP contribution is -2.36. The fourth-order valence-electron chi connectivity index (χ4n) is 4.45. The van der Waals surface area contributed by atoms with Crippen molar-refractivity contribution in [3.05, 3.63) is 107 Å². The molecule has 0 spiro atoms. The van der Waals surface area contributed by atoms with Crippen molar-refractivity contribution in [2.75, 3.05) is 0 Å². The summed E-state index contributed by atoms with van der Waals surface area (Å²) in [4.78, 5) is 35.4. The average molecular weight is 463 g/mol. The van der Waals surface area contributed by atoms with Crippen LogP contribution in [0.3, 0.4) is 0 Å². The lowest BCUT2D eigenvalue weighted by Gasteiger charge is -2.19. The molecule has 172 valence electrons. The number of aromatic nitrogens is 4. The van der Waals surface area contributed by atoms with Crippen molar-refractivity contribution in [1.29, 1.82) is 0 Å². The zero-order valence-corrected chi connectivity index (χ0v) is 18.9. The van der Waals surface area contributed by atoms with Crippen LogP contribution in [0, 0.1) is 0 Å². The second kappa shape index (κ2) is 8.25. The van der Waals surface area contributed by atoms with Crippen LogP contribution in [0.15, 0.2) is 94.4 Å². The summed E-state index contributed by atoms with van der Waals surface area (Å²) in [6.45, 7) is -0.202. The summed E-state index contributed by atoms with van der Waals surface area (Å²) in [5.41, 5.74) is 3.50. The first-order valence-electron chi connectivity index (χ1n) is 11.2. The molecule has 0 bridgehead atoms. The van der Waals surface area contributed by atoms with Crippen LogP contribution >= 0.6 is 0 Å². The SMILES string of the molecule is Cn1c(C(NC(=O)Cn2cnc3c(oc4ccccc43)c2=O)c2ccccc2)nc2ccccc21. The first-order valence-corrected chi connectivity index (χ1v) is 11.2. The number of rotatable bonds is 5. The Bertz CT molecular complexity index is 1760. The molecule has 3 aromatic heterocycles. The van der Waals surface area contributed by atoms with Crippen molar-refractivity contribution < 1.29 is 9.21 Å². The lowest BCUT2D eigenvalue weighted by atomic mass is 10.1. The molecular weight excluding hydrogens is 442 g/mol. The molecule has 8 heteroatoms. The van der Waals surface area contributed by atoms with Gasteiger partial charge in [-0.3, -0.25) is 14.2 Å². The van der Waals surface area contributed by atoms with E-state index in [1.807, 2.05) is 84.4 Å². The number of hydrogen-bond donors (Lipinski definition) is 1. The van der Waals surface area contributed by atoms with Gasteiger partial charge in [0.2, 0.25) is 11.5 Å². The van der Waals surface area contributed by atoms with Crippen molar-refractivity contribution >= 4 is 39.0 Å². The number of fused-ring (bicyclic) bond motifs is 4. The smallest absolute Gasteiger partial charge is 0.297 e. The number of amides is 1. The molecule has 3 aromatic carbocycles. The van der Waals surface area contributed by atoms with Crippen LogP contribution in [0.5, 0.6) is 0 Å². The van der Waals surface area contributed by atoms with E-state index in [1.165, 1.54) is 10.9 Å². The summed E-state index contributed by atoms with van der Waals surface area (Å²) in [6, 6.07) is 24.3. The Hall–Kier alpha value is -4.72. The molecule has 1 atom stereocenters. The number of hydrogen-bond acceptors (Lipinski definition) is 5. The van der Waals surface area contributed by atoms with Gasteiger partial charge >= 0.3 is 0 Å². The minimum atomic E-state index is -0.500. The zero-order chi connectivity index (χ0) is 23.9. The summed E-state index contributed by atoms with van der Waals surface area (Å²) >= 11 is 0. The summed E-state index contributed by atoms with van der Waals surface area (Å²) in [6.07, 6.45) is 1.39. The third kappa shape index (κ3) is 3.56. The van der Waals surface area contributed by atoms with E-state index in [0.29, 0.717) is 16.9 Å². The number of benzene rings is 3. The molecule has 0 aliphatic heterocycles. The van der Waals surface area contributed by atoms with Crippen LogP contribution in [0.4, 0.5) is 0 Å². The Morgan fingerprint density at radius 1 is 1.00 bits per heavy atom. The van der Waals surface area contributed by atoms with E-state index in [9.17, 15) is 9.59 Å². The van der Waals surface area contributed by atoms with Crippen LogP contribution < -0.4 is 10.9 Å². The first kappa shape index (κ1) is 20.9. The van der Waals surface area contributed by atoms with Gasteiger partial charge in [-0.05, 0) is 29.8 Å². The number of aryl methyl sites for hydroxylation is 1. The van der Waals surface area contributed by atoms with E-state index in [0.717, 1.165) is 22.0 Å². The van der Waals surface area contributed by atoms with Crippen LogP contribution in [-0.4, -0.2) is 25.0 Å². The molecule has 8 nitrogen and oxygen atoms in total. The van der Waals surface area contributed by atoms with Gasteiger partial charge in [0.25, 0.3) is 5.56 Å². The van der Waals surface area contributed by atoms with E-state index in [2.05, 4.69) is 10.3 Å². The highest BCUT2D eigenvalue weighted by Gasteiger charge is 2.23. The Morgan fingerprint density at radius 2 is 1.74 bits per heavy atom. The number of nitrogens with zero attached hydrogens (tertiary/aromatic N) is 4. The predicted molar refractivity (Wildman–Crippen MR) is 133 cm³/mol. The number of nitrogens with one attached hydrogen (secondary N) is 1. The predicted octanol–water partition coefficient (Wildman–Crippen LogP) is 3.94. The highest BCUT2D eigenvalue weighted by Crippen LogP contribution is 2.26.